The van der Waals surface area contributed by atoms with Gasteiger partial charge in [0.25, 0.3) is 0 Å². The van der Waals surface area contributed by atoms with Crippen molar-refractivity contribution < 1.29 is 24.0 Å². The summed E-state index contributed by atoms with van der Waals surface area (Å²) in [5.74, 6) is -0.334. The lowest BCUT2D eigenvalue weighted by Gasteiger charge is -2.32. The monoisotopic (exact) mass is 282 g/mol. The first-order valence-corrected chi connectivity index (χ1v) is 6.50. The van der Waals surface area contributed by atoms with Crippen LogP contribution in [-0.4, -0.2) is 52.8 Å². The van der Waals surface area contributed by atoms with Crippen LogP contribution < -0.4 is 0 Å². The highest BCUT2D eigenvalue weighted by Crippen LogP contribution is 2.16. The lowest BCUT2D eigenvalue weighted by atomic mass is 10.1. The zero-order valence-corrected chi connectivity index (χ0v) is 11.6. The van der Waals surface area contributed by atoms with E-state index >= 15 is 0 Å². The number of aliphatic carboxylic acids is 1. The fraction of sp³-hybridized carbons (Fsp3) is 0.615. The highest BCUT2D eigenvalue weighted by atomic mass is 16.5. The van der Waals surface area contributed by atoms with Crippen molar-refractivity contribution in [2.45, 2.75) is 32.8 Å². The molecule has 1 N–H and O–H groups in total. The normalized spacial score (nSPS) is 19.1. The van der Waals surface area contributed by atoms with E-state index in [1.165, 1.54) is 0 Å². The first kappa shape index (κ1) is 14.5. The Morgan fingerprint density at radius 3 is 2.80 bits per heavy atom. The SMILES string of the molecule is Cc1noc(C)c1CC(=O)N1CCOC(CC(=O)O)C1. The van der Waals surface area contributed by atoms with Crippen LogP contribution in [-0.2, 0) is 20.7 Å². The van der Waals surface area contributed by atoms with Gasteiger partial charge < -0.3 is 19.3 Å². The number of amides is 1. The Labute approximate surface area is 116 Å². The number of carboxylic acid groups (broad SMARTS) is 1. The summed E-state index contributed by atoms with van der Waals surface area (Å²) in [4.78, 5) is 24.6. The number of aryl methyl sites for hydroxylation is 2. The average molecular weight is 282 g/mol. The molecule has 1 aliphatic rings. The molecule has 1 aromatic heterocycles. The number of carboxylic acids is 1. The fourth-order valence-corrected chi connectivity index (χ4v) is 2.28. The van der Waals surface area contributed by atoms with Gasteiger partial charge in [0.15, 0.2) is 0 Å². The summed E-state index contributed by atoms with van der Waals surface area (Å²) in [6.45, 7) is 4.74. The summed E-state index contributed by atoms with van der Waals surface area (Å²) in [5, 5.41) is 12.6. The molecule has 2 heterocycles. The van der Waals surface area contributed by atoms with E-state index in [0.717, 1.165) is 5.56 Å². The van der Waals surface area contributed by atoms with Crippen LogP contribution in [0.5, 0.6) is 0 Å². The zero-order chi connectivity index (χ0) is 14.7. The third-order valence-corrected chi connectivity index (χ3v) is 3.40. The van der Waals surface area contributed by atoms with Crippen molar-refractivity contribution in [3.8, 4) is 0 Å². The lowest BCUT2D eigenvalue weighted by molar-refractivity contribution is -0.147. The van der Waals surface area contributed by atoms with E-state index < -0.39 is 12.1 Å². The Balaban J connectivity index is 1.97. The quantitative estimate of drug-likeness (QED) is 0.866. The third kappa shape index (κ3) is 3.36. The van der Waals surface area contributed by atoms with Crippen molar-refractivity contribution >= 4 is 11.9 Å². The fourth-order valence-electron chi connectivity index (χ4n) is 2.28. The molecule has 0 aliphatic carbocycles. The van der Waals surface area contributed by atoms with E-state index in [9.17, 15) is 9.59 Å². The lowest BCUT2D eigenvalue weighted by Crippen LogP contribution is -2.46. The molecule has 0 radical (unpaired) electrons. The van der Waals surface area contributed by atoms with E-state index in [1.54, 1.807) is 18.7 Å². The first-order valence-electron chi connectivity index (χ1n) is 6.50. The predicted molar refractivity (Wildman–Crippen MR) is 68.3 cm³/mol. The van der Waals surface area contributed by atoms with Crippen LogP contribution in [0.15, 0.2) is 4.52 Å². The van der Waals surface area contributed by atoms with Crippen LogP contribution in [0.4, 0.5) is 0 Å². The van der Waals surface area contributed by atoms with E-state index in [4.69, 9.17) is 14.4 Å². The Hall–Kier alpha value is -1.89. The molecule has 0 bridgehead atoms. The van der Waals surface area contributed by atoms with Gasteiger partial charge in [0.2, 0.25) is 5.91 Å². The molecule has 7 heteroatoms. The minimum Gasteiger partial charge on any atom is -0.481 e. The molecule has 7 nitrogen and oxygen atoms in total. The van der Waals surface area contributed by atoms with Crippen LogP contribution in [0.1, 0.15) is 23.4 Å². The van der Waals surface area contributed by atoms with Gasteiger partial charge in [0, 0.05) is 18.7 Å². The minimum atomic E-state index is -0.921. The number of aromatic nitrogens is 1. The maximum absolute atomic E-state index is 12.3. The van der Waals surface area contributed by atoms with Gasteiger partial charge in [-0.25, -0.2) is 0 Å². The molecule has 2 rings (SSSR count). The number of ether oxygens (including phenoxy) is 1. The second-order valence-electron chi connectivity index (χ2n) is 4.91. The molecule has 0 aromatic carbocycles. The van der Waals surface area contributed by atoms with Gasteiger partial charge in [-0.2, -0.15) is 0 Å². The molecule has 0 saturated carbocycles. The highest BCUT2D eigenvalue weighted by molar-refractivity contribution is 5.79. The molecule has 1 unspecified atom stereocenters. The van der Waals surface area contributed by atoms with Gasteiger partial charge in [0.05, 0.1) is 31.2 Å². The molecule has 1 amide bonds. The van der Waals surface area contributed by atoms with Crippen molar-refractivity contribution in [2.75, 3.05) is 19.7 Å². The van der Waals surface area contributed by atoms with E-state index in [-0.39, 0.29) is 18.7 Å². The molecule has 0 spiro atoms. The second kappa shape index (κ2) is 6.04. The Morgan fingerprint density at radius 2 is 2.20 bits per heavy atom. The Bertz CT molecular complexity index is 491. The van der Waals surface area contributed by atoms with Gasteiger partial charge in [-0.05, 0) is 13.8 Å². The molecule has 1 atom stereocenters. The largest absolute Gasteiger partial charge is 0.481 e. The molecule has 20 heavy (non-hydrogen) atoms. The van der Waals surface area contributed by atoms with Gasteiger partial charge in [-0.3, -0.25) is 9.59 Å². The van der Waals surface area contributed by atoms with Crippen molar-refractivity contribution in [3.05, 3.63) is 17.0 Å². The van der Waals surface area contributed by atoms with E-state index in [1.807, 2.05) is 0 Å². The summed E-state index contributed by atoms with van der Waals surface area (Å²) in [7, 11) is 0. The van der Waals surface area contributed by atoms with E-state index in [2.05, 4.69) is 5.16 Å². The van der Waals surface area contributed by atoms with Crippen LogP contribution in [0.2, 0.25) is 0 Å². The Morgan fingerprint density at radius 1 is 1.45 bits per heavy atom. The summed E-state index contributed by atoms with van der Waals surface area (Å²) < 4.78 is 10.4. The predicted octanol–water partition coefficient (Wildman–Crippen LogP) is 0.536. The molecule has 1 fully saturated rings. The average Bonchev–Trinajstić information content (AvgIpc) is 2.70. The maximum atomic E-state index is 12.3. The van der Waals surface area contributed by atoms with Crippen LogP contribution in [0.25, 0.3) is 0 Å². The maximum Gasteiger partial charge on any atom is 0.306 e. The molecule has 1 saturated heterocycles. The van der Waals surface area contributed by atoms with Crippen LogP contribution >= 0.6 is 0 Å². The van der Waals surface area contributed by atoms with Crippen molar-refractivity contribution in [1.29, 1.82) is 0 Å². The van der Waals surface area contributed by atoms with Crippen LogP contribution in [0, 0.1) is 13.8 Å². The highest BCUT2D eigenvalue weighted by Gasteiger charge is 2.27. The number of hydrogen-bond acceptors (Lipinski definition) is 5. The third-order valence-electron chi connectivity index (χ3n) is 3.40. The summed E-state index contributed by atoms with van der Waals surface area (Å²) in [5.41, 5.74) is 1.52. The Kier molecular flexibility index (Phi) is 4.39. The molecular weight excluding hydrogens is 264 g/mol. The van der Waals surface area contributed by atoms with Crippen LogP contribution in [0.3, 0.4) is 0 Å². The van der Waals surface area contributed by atoms with Crippen molar-refractivity contribution in [1.82, 2.24) is 10.1 Å². The van der Waals surface area contributed by atoms with Gasteiger partial charge in [-0.15, -0.1) is 0 Å². The number of nitrogens with zero attached hydrogens (tertiary/aromatic N) is 2. The van der Waals surface area contributed by atoms with Crippen molar-refractivity contribution in [2.24, 2.45) is 0 Å². The van der Waals surface area contributed by atoms with Gasteiger partial charge in [-0.1, -0.05) is 5.16 Å². The summed E-state index contributed by atoms with van der Waals surface area (Å²) in [6.07, 6.45) is -0.300. The molecule has 1 aliphatic heterocycles. The van der Waals surface area contributed by atoms with Gasteiger partial charge in [0.1, 0.15) is 5.76 Å². The topological polar surface area (TPSA) is 92.9 Å². The van der Waals surface area contributed by atoms with Gasteiger partial charge >= 0.3 is 5.97 Å². The molecular formula is C13H18N2O5. The first-order chi connectivity index (χ1) is 9.47. The van der Waals surface area contributed by atoms with E-state index in [0.29, 0.717) is 31.2 Å². The summed E-state index contributed by atoms with van der Waals surface area (Å²) >= 11 is 0. The zero-order valence-electron chi connectivity index (χ0n) is 11.6. The standard InChI is InChI=1S/C13H18N2O5/c1-8-11(9(2)20-14-8)6-12(16)15-3-4-19-10(7-15)5-13(17)18/h10H,3-7H2,1-2H3,(H,17,18). The van der Waals surface area contributed by atoms with Crippen molar-refractivity contribution in [3.63, 3.8) is 0 Å². The smallest absolute Gasteiger partial charge is 0.306 e. The number of carbonyl (C=O) groups is 2. The molecule has 1 aromatic rings. The summed E-state index contributed by atoms with van der Waals surface area (Å²) in [6, 6.07) is 0. The minimum absolute atomic E-state index is 0.0573. The number of morpholine rings is 1. The molecule has 110 valence electrons. The number of rotatable bonds is 4. The second-order valence-corrected chi connectivity index (χ2v) is 4.91. The number of carbonyl (C=O) groups excluding carboxylic acids is 1. The number of hydrogen-bond donors (Lipinski definition) is 1.